The molecule has 1 N–H and O–H groups in total. The molecular formula is C20H30O3. The van der Waals surface area contributed by atoms with Crippen molar-refractivity contribution in [1.29, 1.82) is 0 Å². The van der Waals surface area contributed by atoms with Crippen molar-refractivity contribution in [2.24, 2.45) is 0 Å². The molecule has 2 atom stereocenters. The second-order valence-electron chi connectivity index (χ2n) is 5.83. The van der Waals surface area contributed by atoms with Crippen molar-refractivity contribution in [1.82, 2.24) is 0 Å². The van der Waals surface area contributed by atoms with Gasteiger partial charge < -0.3 is 9.84 Å². The number of ether oxygens (including phenoxy) is 1. The molecule has 0 bridgehead atoms. The summed E-state index contributed by atoms with van der Waals surface area (Å²) in [5.41, 5.74) is 0. The minimum atomic E-state index is -0.750. The highest BCUT2D eigenvalue weighted by Gasteiger charge is 2.37. The van der Waals surface area contributed by atoms with Gasteiger partial charge in [0.1, 0.15) is 0 Å². The lowest BCUT2D eigenvalue weighted by atomic mass is 10.1. The molecule has 1 heterocycles. The fraction of sp³-hybridized carbons (Fsp3) is 0.550. The highest BCUT2D eigenvalue weighted by molar-refractivity contribution is 5.66. The van der Waals surface area contributed by atoms with Crippen molar-refractivity contribution in [3.8, 4) is 0 Å². The number of carboxylic acids is 1. The van der Waals surface area contributed by atoms with Gasteiger partial charge in [0.25, 0.3) is 0 Å². The third kappa shape index (κ3) is 11.6. The maximum absolute atomic E-state index is 10.4. The van der Waals surface area contributed by atoms with Gasteiger partial charge in [0.05, 0.1) is 12.2 Å². The molecule has 1 saturated heterocycles. The maximum atomic E-state index is 10.4. The average molecular weight is 318 g/mol. The largest absolute Gasteiger partial charge is 0.481 e. The molecule has 0 saturated carbocycles. The summed E-state index contributed by atoms with van der Waals surface area (Å²) in [7, 11) is 0. The minimum Gasteiger partial charge on any atom is -0.481 e. The lowest BCUT2D eigenvalue weighted by molar-refractivity contribution is -0.137. The number of allylic oxidation sites excluding steroid dienone is 7. The van der Waals surface area contributed by atoms with Crippen LogP contribution in [0.4, 0.5) is 0 Å². The fourth-order valence-corrected chi connectivity index (χ4v) is 2.29. The Hall–Kier alpha value is -1.61. The number of carboxylic acid groups (broad SMARTS) is 1. The molecule has 1 aliphatic rings. The van der Waals surface area contributed by atoms with Crippen LogP contribution in [0.1, 0.15) is 58.3 Å². The highest BCUT2D eigenvalue weighted by atomic mass is 16.6. The van der Waals surface area contributed by atoms with E-state index in [1.807, 2.05) is 18.2 Å². The molecule has 0 aromatic carbocycles. The van der Waals surface area contributed by atoms with E-state index in [4.69, 9.17) is 9.84 Å². The highest BCUT2D eigenvalue weighted by Crippen LogP contribution is 2.29. The van der Waals surface area contributed by atoms with Gasteiger partial charge in [-0.1, -0.05) is 68.4 Å². The van der Waals surface area contributed by atoms with Gasteiger partial charge in [0.2, 0.25) is 0 Å². The van der Waals surface area contributed by atoms with Crippen LogP contribution in [0.2, 0.25) is 0 Å². The lowest BCUT2D eigenvalue weighted by Crippen LogP contribution is -1.99. The summed E-state index contributed by atoms with van der Waals surface area (Å²) < 4.78 is 5.41. The van der Waals surface area contributed by atoms with Gasteiger partial charge in [0.15, 0.2) is 0 Å². The third-order valence-electron chi connectivity index (χ3n) is 3.72. The van der Waals surface area contributed by atoms with Crippen molar-refractivity contribution in [2.45, 2.75) is 70.5 Å². The first kappa shape index (κ1) is 19.4. The van der Waals surface area contributed by atoms with Gasteiger partial charge >= 0.3 is 5.97 Å². The fourth-order valence-electron chi connectivity index (χ4n) is 2.29. The van der Waals surface area contributed by atoms with E-state index in [-0.39, 0.29) is 18.6 Å². The molecule has 1 aliphatic heterocycles. The molecule has 3 nitrogen and oxygen atoms in total. The zero-order chi connectivity index (χ0) is 16.8. The van der Waals surface area contributed by atoms with Crippen molar-refractivity contribution < 1.29 is 14.6 Å². The Kier molecular flexibility index (Phi) is 10.9. The maximum Gasteiger partial charge on any atom is 0.303 e. The molecule has 1 fully saturated rings. The SMILES string of the molecule is CCCCCC=CCC=CC=CC=CCC1OC1CCC(=O)O. The smallest absolute Gasteiger partial charge is 0.303 e. The summed E-state index contributed by atoms with van der Waals surface area (Å²) in [6, 6.07) is 0. The van der Waals surface area contributed by atoms with Crippen LogP contribution >= 0.6 is 0 Å². The van der Waals surface area contributed by atoms with Gasteiger partial charge in [0, 0.05) is 6.42 Å². The van der Waals surface area contributed by atoms with Gasteiger partial charge in [-0.05, 0) is 32.1 Å². The molecule has 3 heteroatoms. The van der Waals surface area contributed by atoms with Gasteiger partial charge in [-0.2, -0.15) is 0 Å². The monoisotopic (exact) mass is 318 g/mol. The Labute approximate surface area is 140 Å². The molecule has 0 spiro atoms. The first-order chi connectivity index (χ1) is 11.2. The zero-order valence-electron chi connectivity index (χ0n) is 14.2. The summed E-state index contributed by atoms with van der Waals surface area (Å²) in [5, 5.41) is 8.59. The van der Waals surface area contributed by atoms with Crippen molar-refractivity contribution in [2.75, 3.05) is 0 Å². The van der Waals surface area contributed by atoms with E-state index in [1.54, 1.807) is 0 Å². The van der Waals surface area contributed by atoms with Crippen LogP contribution in [-0.4, -0.2) is 23.3 Å². The molecule has 23 heavy (non-hydrogen) atoms. The van der Waals surface area contributed by atoms with Crippen LogP contribution in [-0.2, 0) is 9.53 Å². The molecule has 0 amide bonds. The van der Waals surface area contributed by atoms with E-state index in [0.29, 0.717) is 6.42 Å². The molecule has 2 unspecified atom stereocenters. The predicted octanol–water partition coefficient (Wildman–Crippen LogP) is 5.20. The number of carbonyl (C=O) groups is 1. The first-order valence-corrected chi connectivity index (χ1v) is 8.74. The lowest BCUT2D eigenvalue weighted by Gasteiger charge is -1.90. The first-order valence-electron chi connectivity index (χ1n) is 8.74. The Morgan fingerprint density at radius 2 is 1.78 bits per heavy atom. The Morgan fingerprint density at radius 1 is 1.00 bits per heavy atom. The van der Waals surface area contributed by atoms with Crippen LogP contribution in [0.25, 0.3) is 0 Å². The summed E-state index contributed by atoms with van der Waals surface area (Å²) in [6.45, 7) is 2.22. The number of unbranched alkanes of at least 4 members (excludes halogenated alkanes) is 3. The second kappa shape index (κ2) is 12.9. The van der Waals surface area contributed by atoms with Gasteiger partial charge in [-0.3, -0.25) is 4.79 Å². The number of rotatable bonds is 13. The summed E-state index contributed by atoms with van der Waals surface area (Å²) in [6.07, 6.45) is 24.9. The standard InChI is InChI=1S/C20H30O3/c1-2-3-4-5-6-7-8-9-10-11-12-13-14-15-18-19(23-18)16-17-20(21)22/h6-7,9-14,18-19H,2-5,8,15-17H2,1H3,(H,21,22). The van der Waals surface area contributed by atoms with Crippen LogP contribution in [0.5, 0.6) is 0 Å². The van der Waals surface area contributed by atoms with Crippen molar-refractivity contribution in [3.05, 3.63) is 48.6 Å². The number of hydrogen-bond acceptors (Lipinski definition) is 2. The average Bonchev–Trinajstić information content (AvgIpc) is 3.28. The molecule has 0 aromatic heterocycles. The number of aliphatic carboxylic acids is 1. The van der Waals surface area contributed by atoms with Crippen LogP contribution in [0.3, 0.4) is 0 Å². The van der Waals surface area contributed by atoms with Crippen LogP contribution in [0, 0.1) is 0 Å². The second-order valence-corrected chi connectivity index (χ2v) is 5.83. The molecule has 128 valence electrons. The molecule has 0 aromatic rings. The predicted molar refractivity (Wildman–Crippen MR) is 95.5 cm³/mol. The zero-order valence-corrected chi connectivity index (χ0v) is 14.2. The van der Waals surface area contributed by atoms with E-state index < -0.39 is 5.97 Å². The Morgan fingerprint density at radius 3 is 2.52 bits per heavy atom. The Balaban J connectivity index is 1.97. The van der Waals surface area contributed by atoms with E-state index in [1.165, 1.54) is 25.7 Å². The molecule has 0 aliphatic carbocycles. The molecular weight excluding hydrogens is 288 g/mol. The molecule has 0 radical (unpaired) electrons. The summed E-state index contributed by atoms with van der Waals surface area (Å²) in [5.74, 6) is -0.750. The van der Waals surface area contributed by atoms with E-state index in [9.17, 15) is 4.79 Å². The van der Waals surface area contributed by atoms with Crippen LogP contribution in [0.15, 0.2) is 48.6 Å². The van der Waals surface area contributed by atoms with E-state index >= 15 is 0 Å². The molecule has 1 rings (SSSR count). The van der Waals surface area contributed by atoms with Crippen molar-refractivity contribution >= 4 is 5.97 Å². The van der Waals surface area contributed by atoms with Gasteiger partial charge in [-0.25, -0.2) is 0 Å². The number of epoxide rings is 1. The normalized spacial score (nSPS) is 21.3. The third-order valence-corrected chi connectivity index (χ3v) is 3.72. The Bertz CT molecular complexity index is 432. The van der Waals surface area contributed by atoms with Crippen molar-refractivity contribution in [3.63, 3.8) is 0 Å². The topological polar surface area (TPSA) is 49.8 Å². The van der Waals surface area contributed by atoms with E-state index in [0.717, 1.165) is 12.8 Å². The van der Waals surface area contributed by atoms with Crippen LogP contribution < -0.4 is 0 Å². The summed E-state index contributed by atoms with van der Waals surface area (Å²) in [4.78, 5) is 10.4. The number of hydrogen-bond donors (Lipinski definition) is 1. The minimum absolute atomic E-state index is 0.142. The van der Waals surface area contributed by atoms with Gasteiger partial charge in [-0.15, -0.1) is 0 Å². The summed E-state index contributed by atoms with van der Waals surface area (Å²) >= 11 is 0. The van der Waals surface area contributed by atoms with E-state index in [2.05, 4.69) is 37.3 Å². The quantitative estimate of drug-likeness (QED) is 0.220.